The zero-order valence-corrected chi connectivity index (χ0v) is 22.6. The molecule has 0 unspecified atom stereocenters. The maximum atomic E-state index is 13.1. The van der Waals surface area contributed by atoms with Crippen LogP contribution in [0.3, 0.4) is 0 Å². The molecule has 0 aliphatic heterocycles. The van der Waals surface area contributed by atoms with Gasteiger partial charge in [0.05, 0.1) is 4.75 Å². The van der Waals surface area contributed by atoms with Gasteiger partial charge in [-0.05, 0) is 22.3 Å². The second kappa shape index (κ2) is 14.0. The van der Waals surface area contributed by atoms with Gasteiger partial charge in [-0.1, -0.05) is 121 Å². The summed E-state index contributed by atoms with van der Waals surface area (Å²) in [5.74, 6) is -1.67. The normalized spacial score (nSPS) is 11.7. The van der Waals surface area contributed by atoms with Gasteiger partial charge in [0.25, 0.3) is 0 Å². The fourth-order valence-electron chi connectivity index (χ4n) is 4.35. The molecule has 1 atom stereocenters. The smallest absolute Gasteiger partial charge is 0.408 e. The van der Waals surface area contributed by atoms with Crippen LogP contribution in [0.1, 0.15) is 22.3 Å². The maximum Gasteiger partial charge on any atom is 0.408 e. The number of benzene rings is 4. The van der Waals surface area contributed by atoms with Crippen molar-refractivity contribution in [2.45, 2.75) is 17.4 Å². The van der Waals surface area contributed by atoms with Crippen molar-refractivity contribution < 1.29 is 24.2 Å². The molecule has 4 aromatic rings. The minimum absolute atomic E-state index is 0.0330. The Kier molecular flexibility index (Phi) is 9.96. The predicted octanol–water partition coefficient (Wildman–Crippen LogP) is 5.21. The number of alkyl carbamates (subject to hydrolysis) is 1. The minimum Gasteiger partial charge on any atom is -0.480 e. The Morgan fingerprint density at radius 2 is 1.18 bits per heavy atom. The first-order valence-corrected chi connectivity index (χ1v) is 13.7. The summed E-state index contributed by atoms with van der Waals surface area (Å²) in [6, 6.07) is 38.0. The van der Waals surface area contributed by atoms with Crippen LogP contribution in [0.2, 0.25) is 0 Å². The van der Waals surface area contributed by atoms with Gasteiger partial charge in [0, 0.05) is 5.75 Å². The van der Waals surface area contributed by atoms with E-state index in [1.807, 2.05) is 121 Å². The number of ether oxygens (including phenoxy) is 1. The predicted molar refractivity (Wildman–Crippen MR) is 156 cm³/mol. The lowest BCUT2D eigenvalue weighted by atomic mass is 9.84. The minimum atomic E-state index is -1.18. The Balaban J connectivity index is 1.65. The first-order chi connectivity index (χ1) is 19.5. The van der Waals surface area contributed by atoms with Crippen LogP contribution in [-0.4, -0.2) is 41.4 Å². The van der Waals surface area contributed by atoms with E-state index < -0.39 is 35.3 Å². The molecular formula is C32H30N2O5S. The lowest BCUT2D eigenvalue weighted by molar-refractivity contribution is -0.138. The molecule has 3 N–H and O–H groups in total. The molecule has 2 amide bonds. The van der Waals surface area contributed by atoms with Gasteiger partial charge in [-0.15, -0.1) is 11.8 Å². The molecule has 4 aromatic carbocycles. The van der Waals surface area contributed by atoms with E-state index in [0.29, 0.717) is 0 Å². The molecule has 0 radical (unpaired) electrons. The van der Waals surface area contributed by atoms with E-state index in [9.17, 15) is 14.4 Å². The lowest BCUT2D eigenvalue weighted by Crippen LogP contribution is -2.50. The van der Waals surface area contributed by atoms with Gasteiger partial charge < -0.3 is 20.5 Å². The highest BCUT2D eigenvalue weighted by Gasteiger charge is 2.38. The maximum absolute atomic E-state index is 13.1. The molecule has 0 aromatic heterocycles. The van der Waals surface area contributed by atoms with Crippen molar-refractivity contribution in [2.24, 2.45) is 0 Å². The van der Waals surface area contributed by atoms with Crippen molar-refractivity contribution in [3.63, 3.8) is 0 Å². The Hall–Kier alpha value is -4.56. The third-order valence-electron chi connectivity index (χ3n) is 6.24. The fraction of sp³-hybridized carbons (Fsp3) is 0.156. The number of carbonyl (C=O) groups is 3. The summed E-state index contributed by atoms with van der Waals surface area (Å²) in [5.41, 5.74) is 3.78. The Bertz CT molecular complexity index is 1290. The van der Waals surface area contributed by atoms with Crippen molar-refractivity contribution >= 4 is 29.7 Å². The number of thioether (sulfide) groups is 1. The van der Waals surface area contributed by atoms with E-state index >= 15 is 0 Å². The molecule has 0 bridgehead atoms. The average Bonchev–Trinajstić information content (AvgIpc) is 3.00. The number of carbonyl (C=O) groups excluding carboxylic acids is 2. The average molecular weight is 555 g/mol. The van der Waals surface area contributed by atoms with Gasteiger partial charge in [-0.25, -0.2) is 4.79 Å². The van der Waals surface area contributed by atoms with Gasteiger partial charge >= 0.3 is 12.1 Å². The van der Waals surface area contributed by atoms with Gasteiger partial charge in [-0.3, -0.25) is 9.59 Å². The Labute approximate surface area is 237 Å². The molecule has 0 saturated heterocycles. The van der Waals surface area contributed by atoms with Gasteiger partial charge in [0.1, 0.15) is 19.2 Å². The van der Waals surface area contributed by atoms with Crippen molar-refractivity contribution in [2.75, 3.05) is 12.3 Å². The van der Waals surface area contributed by atoms with E-state index in [-0.39, 0.29) is 12.4 Å². The third-order valence-corrected chi connectivity index (χ3v) is 7.88. The SMILES string of the molecule is O=C(O)CNC(=O)[C@H](CSC(c1ccccc1)(c1ccccc1)c1ccccc1)NC(=O)OCc1ccccc1. The highest BCUT2D eigenvalue weighted by atomic mass is 32.2. The number of carboxylic acids is 1. The topological polar surface area (TPSA) is 105 Å². The summed E-state index contributed by atoms with van der Waals surface area (Å²) < 4.78 is 4.63. The lowest BCUT2D eigenvalue weighted by Gasteiger charge is -2.36. The Morgan fingerprint density at radius 3 is 1.62 bits per heavy atom. The van der Waals surface area contributed by atoms with Gasteiger partial charge in [0.2, 0.25) is 5.91 Å². The first-order valence-electron chi connectivity index (χ1n) is 12.8. The molecule has 0 aliphatic carbocycles. The largest absolute Gasteiger partial charge is 0.480 e. The van der Waals surface area contributed by atoms with Gasteiger partial charge in [-0.2, -0.15) is 0 Å². The van der Waals surface area contributed by atoms with Crippen LogP contribution in [0, 0.1) is 0 Å². The summed E-state index contributed by atoms with van der Waals surface area (Å²) in [6.45, 7) is -0.535. The van der Waals surface area contributed by atoms with E-state index in [2.05, 4.69) is 10.6 Å². The molecule has 4 rings (SSSR count). The van der Waals surface area contributed by atoms with Crippen molar-refractivity contribution in [1.29, 1.82) is 0 Å². The second-order valence-electron chi connectivity index (χ2n) is 8.96. The fourth-order valence-corrected chi connectivity index (χ4v) is 5.91. The van der Waals surface area contributed by atoms with Crippen LogP contribution >= 0.6 is 11.8 Å². The highest BCUT2D eigenvalue weighted by Crippen LogP contribution is 2.48. The Morgan fingerprint density at radius 1 is 0.725 bits per heavy atom. The molecular weight excluding hydrogens is 524 g/mol. The summed E-state index contributed by atoms with van der Waals surface area (Å²) in [7, 11) is 0. The molecule has 8 heteroatoms. The molecule has 7 nitrogen and oxygen atoms in total. The van der Waals surface area contributed by atoms with E-state index in [1.165, 1.54) is 11.8 Å². The van der Waals surface area contributed by atoms with Crippen molar-refractivity contribution in [1.82, 2.24) is 10.6 Å². The molecule has 0 spiro atoms. The van der Waals surface area contributed by atoms with Crippen LogP contribution in [0.5, 0.6) is 0 Å². The summed E-state index contributed by atoms with van der Waals surface area (Å²) >= 11 is 1.48. The number of rotatable bonds is 12. The van der Waals surface area contributed by atoms with Crippen LogP contribution < -0.4 is 10.6 Å². The van der Waals surface area contributed by atoms with Crippen LogP contribution in [0.15, 0.2) is 121 Å². The van der Waals surface area contributed by atoms with Crippen molar-refractivity contribution in [3.8, 4) is 0 Å². The summed E-state index contributed by atoms with van der Waals surface area (Å²) in [5, 5.41) is 14.2. The summed E-state index contributed by atoms with van der Waals surface area (Å²) in [4.78, 5) is 37.0. The quantitative estimate of drug-likeness (QED) is 0.208. The zero-order valence-electron chi connectivity index (χ0n) is 21.7. The molecule has 0 saturated carbocycles. The van der Waals surface area contributed by atoms with Crippen LogP contribution in [0.4, 0.5) is 4.79 Å². The van der Waals surface area contributed by atoms with Gasteiger partial charge in [0.15, 0.2) is 0 Å². The number of hydrogen-bond acceptors (Lipinski definition) is 5. The number of amides is 2. The van der Waals surface area contributed by atoms with Crippen LogP contribution in [0.25, 0.3) is 0 Å². The van der Waals surface area contributed by atoms with E-state index in [1.54, 1.807) is 0 Å². The van der Waals surface area contributed by atoms with Crippen molar-refractivity contribution in [3.05, 3.63) is 144 Å². The summed E-state index contributed by atoms with van der Waals surface area (Å²) in [6.07, 6.45) is -0.773. The molecule has 0 fully saturated rings. The number of nitrogens with one attached hydrogen (secondary N) is 2. The number of aliphatic carboxylic acids is 1. The first kappa shape index (κ1) is 28.4. The van der Waals surface area contributed by atoms with E-state index in [0.717, 1.165) is 22.3 Å². The molecule has 0 heterocycles. The van der Waals surface area contributed by atoms with Crippen LogP contribution in [-0.2, 0) is 25.7 Å². The number of carboxylic acid groups (broad SMARTS) is 1. The molecule has 0 aliphatic rings. The van der Waals surface area contributed by atoms with E-state index in [4.69, 9.17) is 9.84 Å². The standard InChI is InChI=1S/C32H30N2O5S/c35-29(36)21-33-30(37)28(34-31(38)39-22-24-13-5-1-6-14-24)23-40-32(25-15-7-2-8-16-25,26-17-9-3-10-18-26)27-19-11-4-12-20-27/h1-20,28H,21-23H2,(H,33,37)(H,34,38)(H,35,36)/t28-/m0/s1. The molecule has 204 valence electrons. The highest BCUT2D eigenvalue weighted by molar-refractivity contribution is 8.00. The monoisotopic (exact) mass is 554 g/mol. The zero-order chi connectivity index (χ0) is 28.2. The molecule has 40 heavy (non-hydrogen) atoms. The number of hydrogen-bond donors (Lipinski definition) is 3. The second-order valence-corrected chi connectivity index (χ2v) is 10.2. The third kappa shape index (κ3) is 7.30.